The summed E-state index contributed by atoms with van der Waals surface area (Å²) in [7, 11) is -1.46. The van der Waals surface area contributed by atoms with Crippen molar-refractivity contribution in [2.24, 2.45) is 0 Å². The van der Waals surface area contributed by atoms with Crippen LogP contribution >= 0.6 is 11.3 Å². The molecule has 1 aromatic heterocycles. The molecule has 0 bridgehead atoms. The van der Waals surface area contributed by atoms with Crippen molar-refractivity contribution in [2.45, 2.75) is 6.92 Å². The highest BCUT2D eigenvalue weighted by Crippen LogP contribution is 2.34. The lowest BCUT2D eigenvalue weighted by Gasteiger charge is -2.04. The Kier molecular flexibility index (Phi) is 3.21. The number of benzene rings is 2. The highest BCUT2D eigenvalue weighted by atomic mass is 32.1. The fraction of sp³-hybridized carbons (Fsp3) is 0.0714. The molecule has 0 saturated carbocycles. The number of rotatable bonds is 2. The monoisotopic (exact) mass is 284 g/mol. The van der Waals surface area contributed by atoms with Crippen molar-refractivity contribution in [2.75, 3.05) is 5.73 Å². The van der Waals surface area contributed by atoms with E-state index in [2.05, 4.69) is 4.98 Å². The minimum atomic E-state index is -1.46. The highest BCUT2D eigenvalue weighted by molar-refractivity contribution is 7.21. The smallest absolute Gasteiger partial charge is 0.423 e. The van der Waals surface area contributed by atoms with Crippen LogP contribution in [0.25, 0.3) is 20.8 Å². The number of nitrogens with zero attached hydrogens (tertiary/aromatic N) is 1. The number of nitrogens with two attached hydrogens (primary N) is 1. The summed E-state index contributed by atoms with van der Waals surface area (Å²) in [6, 6.07) is 11.1. The molecule has 4 N–H and O–H groups in total. The summed E-state index contributed by atoms with van der Waals surface area (Å²) in [6.07, 6.45) is 0. The van der Waals surface area contributed by atoms with Crippen molar-refractivity contribution in [3.63, 3.8) is 0 Å². The van der Waals surface area contributed by atoms with Gasteiger partial charge in [0, 0.05) is 11.3 Å². The van der Waals surface area contributed by atoms with Crippen LogP contribution in [0.5, 0.6) is 0 Å². The van der Waals surface area contributed by atoms with Crippen molar-refractivity contribution in [1.82, 2.24) is 4.98 Å². The Morgan fingerprint density at radius 3 is 2.75 bits per heavy atom. The van der Waals surface area contributed by atoms with Crippen molar-refractivity contribution in [1.29, 1.82) is 0 Å². The van der Waals surface area contributed by atoms with Crippen molar-refractivity contribution in [3.05, 3.63) is 42.0 Å². The molecule has 0 saturated heterocycles. The van der Waals surface area contributed by atoms with Gasteiger partial charge in [-0.3, -0.25) is 0 Å². The average molecular weight is 284 g/mol. The highest BCUT2D eigenvalue weighted by Gasteiger charge is 2.14. The van der Waals surface area contributed by atoms with Crippen LogP contribution in [-0.4, -0.2) is 22.2 Å². The molecule has 20 heavy (non-hydrogen) atoms. The molecular weight excluding hydrogens is 271 g/mol. The SMILES string of the molecule is Cc1cccc(-c2nc3ccc(B(O)O)cc3s2)c1N. The maximum Gasteiger partial charge on any atom is 0.488 e. The Morgan fingerprint density at radius 2 is 2.00 bits per heavy atom. The molecule has 0 atom stereocenters. The van der Waals surface area contributed by atoms with Gasteiger partial charge in [0.25, 0.3) is 0 Å². The molecule has 0 unspecified atom stereocenters. The molecule has 4 nitrogen and oxygen atoms in total. The van der Waals surface area contributed by atoms with E-state index in [0.717, 1.165) is 32.0 Å². The third-order valence-electron chi connectivity index (χ3n) is 3.27. The molecular formula is C14H13BN2O2S. The Morgan fingerprint density at radius 1 is 1.20 bits per heavy atom. The lowest BCUT2D eigenvalue weighted by Crippen LogP contribution is -2.29. The van der Waals surface area contributed by atoms with Gasteiger partial charge in [0.15, 0.2) is 0 Å². The van der Waals surface area contributed by atoms with Crippen molar-refractivity contribution < 1.29 is 10.0 Å². The van der Waals surface area contributed by atoms with Crippen molar-refractivity contribution in [3.8, 4) is 10.6 Å². The van der Waals surface area contributed by atoms with Gasteiger partial charge in [-0.15, -0.1) is 11.3 Å². The third kappa shape index (κ3) is 2.18. The molecule has 2 aromatic carbocycles. The van der Waals surface area contributed by atoms with E-state index in [1.807, 2.05) is 25.1 Å². The number of anilines is 1. The number of thiazole rings is 1. The van der Waals surface area contributed by atoms with Gasteiger partial charge in [0.05, 0.1) is 10.2 Å². The van der Waals surface area contributed by atoms with E-state index in [1.54, 1.807) is 18.2 Å². The standard InChI is InChI=1S/C14H13BN2O2S/c1-8-3-2-4-10(13(8)16)14-17-11-6-5-9(15(18)19)7-12(11)20-14/h2-7,18-19H,16H2,1H3. The topological polar surface area (TPSA) is 79.4 Å². The summed E-state index contributed by atoms with van der Waals surface area (Å²) in [5, 5.41) is 19.3. The first-order valence-corrected chi connectivity index (χ1v) is 7.00. The number of hydrogen-bond acceptors (Lipinski definition) is 5. The predicted octanol–water partition coefficient (Wildman–Crippen LogP) is 1.53. The minimum absolute atomic E-state index is 0.463. The summed E-state index contributed by atoms with van der Waals surface area (Å²) in [6.45, 7) is 1.96. The van der Waals surface area contributed by atoms with Crippen LogP contribution in [0.1, 0.15) is 5.56 Å². The van der Waals surface area contributed by atoms with Crippen LogP contribution in [0.4, 0.5) is 5.69 Å². The van der Waals surface area contributed by atoms with E-state index in [-0.39, 0.29) is 0 Å². The number of aromatic nitrogens is 1. The zero-order chi connectivity index (χ0) is 14.3. The summed E-state index contributed by atoms with van der Waals surface area (Å²) in [5.41, 5.74) is 10.1. The molecule has 100 valence electrons. The third-order valence-corrected chi connectivity index (χ3v) is 4.32. The number of hydrogen-bond donors (Lipinski definition) is 3. The molecule has 0 spiro atoms. The van der Waals surface area contributed by atoms with E-state index in [0.29, 0.717) is 5.46 Å². The largest absolute Gasteiger partial charge is 0.488 e. The van der Waals surface area contributed by atoms with Crippen LogP contribution in [-0.2, 0) is 0 Å². The summed E-state index contributed by atoms with van der Waals surface area (Å²) >= 11 is 1.49. The van der Waals surface area contributed by atoms with E-state index in [9.17, 15) is 10.0 Å². The quantitative estimate of drug-likeness (QED) is 0.492. The minimum Gasteiger partial charge on any atom is -0.423 e. The molecule has 0 amide bonds. The molecule has 0 aliphatic heterocycles. The van der Waals surface area contributed by atoms with Crippen LogP contribution in [0.2, 0.25) is 0 Å². The number of fused-ring (bicyclic) bond motifs is 1. The van der Waals surface area contributed by atoms with Crippen molar-refractivity contribution >= 4 is 39.8 Å². The second-order valence-electron chi connectivity index (χ2n) is 4.66. The molecule has 0 fully saturated rings. The summed E-state index contributed by atoms with van der Waals surface area (Å²) in [4.78, 5) is 4.56. The van der Waals surface area contributed by atoms with E-state index < -0.39 is 7.12 Å². The molecule has 6 heteroatoms. The predicted molar refractivity (Wildman–Crippen MR) is 84.0 cm³/mol. The molecule has 1 heterocycles. The molecule has 0 aliphatic rings. The maximum absolute atomic E-state index is 9.21. The summed E-state index contributed by atoms with van der Waals surface area (Å²) in [5.74, 6) is 0. The van der Waals surface area contributed by atoms with Gasteiger partial charge in [0.2, 0.25) is 0 Å². The Hall–Kier alpha value is -1.89. The maximum atomic E-state index is 9.21. The van der Waals surface area contributed by atoms with Crippen LogP contribution in [0.15, 0.2) is 36.4 Å². The van der Waals surface area contributed by atoms with Gasteiger partial charge in [-0.05, 0) is 36.1 Å². The van der Waals surface area contributed by atoms with E-state index >= 15 is 0 Å². The zero-order valence-corrected chi connectivity index (χ0v) is 11.7. The van der Waals surface area contributed by atoms with Gasteiger partial charge in [-0.25, -0.2) is 4.98 Å². The van der Waals surface area contributed by atoms with Gasteiger partial charge in [-0.1, -0.05) is 18.2 Å². The van der Waals surface area contributed by atoms with Gasteiger partial charge in [-0.2, -0.15) is 0 Å². The molecule has 3 rings (SSSR count). The molecule has 0 radical (unpaired) electrons. The van der Waals surface area contributed by atoms with Crippen LogP contribution in [0.3, 0.4) is 0 Å². The Bertz CT molecular complexity index is 786. The number of aryl methyl sites for hydroxylation is 1. The average Bonchev–Trinajstić information content (AvgIpc) is 2.84. The van der Waals surface area contributed by atoms with Gasteiger partial charge >= 0.3 is 7.12 Å². The first-order chi connectivity index (χ1) is 9.56. The second-order valence-corrected chi connectivity index (χ2v) is 5.69. The fourth-order valence-corrected chi connectivity index (χ4v) is 3.14. The lowest BCUT2D eigenvalue weighted by atomic mass is 9.80. The fourth-order valence-electron chi connectivity index (χ4n) is 2.08. The van der Waals surface area contributed by atoms with Crippen LogP contribution < -0.4 is 11.2 Å². The molecule has 3 aromatic rings. The first-order valence-electron chi connectivity index (χ1n) is 6.18. The van der Waals surface area contributed by atoms with Gasteiger partial charge in [0.1, 0.15) is 5.01 Å². The van der Waals surface area contributed by atoms with E-state index in [1.165, 1.54) is 11.3 Å². The lowest BCUT2D eigenvalue weighted by molar-refractivity contribution is 0.426. The second kappa shape index (κ2) is 4.90. The van der Waals surface area contributed by atoms with E-state index in [4.69, 9.17) is 5.73 Å². The zero-order valence-electron chi connectivity index (χ0n) is 10.9. The number of nitrogen functional groups attached to an aromatic ring is 1. The number of para-hydroxylation sites is 1. The Labute approximate surface area is 120 Å². The molecule has 0 aliphatic carbocycles. The van der Waals surface area contributed by atoms with Gasteiger partial charge < -0.3 is 15.8 Å². The Balaban J connectivity index is 2.15. The summed E-state index contributed by atoms with van der Waals surface area (Å²) < 4.78 is 0.909. The normalized spacial score (nSPS) is 10.9. The first kappa shape index (κ1) is 13.1. The van der Waals surface area contributed by atoms with Crippen LogP contribution in [0, 0.1) is 6.92 Å².